The van der Waals surface area contributed by atoms with Crippen LogP contribution in [0, 0.1) is 25.2 Å². The third-order valence-electron chi connectivity index (χ3n) is 4.95. The fraction of sp³-hybridized carbons (Fsp3) is 0.182. The van der Waals surface area contributed by atoms with E-state index >= 15 is 0 Å². The molecule has 2 aliphatic heterocycles. The van der Waals surface area contributed by atoms with Crippen LogP contribution in [0.15, 0.2) is 47.7 Å². The average Bonchev–Trinajstić information content (AvgIpc) is 2.71. The molecule has 150 valence electrons. The topological polar surface area (TPSA) is 107 Å². The molecule has 0 saturated carbocycles. The van der Waals surface area contributed by atoms with Crippen LogP contribution in [0.25, 0.3) is 0 Å². The summed E-state index contributed by atoms with van der Waals surface area (Å²) in [4.78, 5) is 24.2. The molecule has 2 aliphatic rings. The third kappa shape index (κ3) is 3.37. The number of fused-ring (bicyclic) bond motifs is 1. The van der Waals surface area contributed by atoms with Crippen molar-refractivity contribution in [1.29, 1.82) is 5.26 Å². The lowest BCUT2D eigenvalue weighted by molar-refractivity contribution is 0.0946. The van der Waals surface area contributed by atoms with Gasteiger partial charge >= 0.3 is 6.03 Å². The molecule has 0 bridgehead atoms. The Bertz CT molecular complexity index is 1150. The minimum atomic E-state index is -0.487. The number of hydrogen-bond donors (Lipinski definition) is 2. The number of nitrogens with one attached hydrogen (secondary N) is 2. The first-order valence-corrected chi connectivity index (χ1v) is 9.36. The number of amides is 3. The van der Waals surface area contributed by atoms with Crippen LogP contribution in [-0.2, 0) is 6.42 Å². The lowest BCUT2D eigenvalue weighted by Gasteiger charge is -2.24. The van der Waals surface area contributed by atoms with Crippen molar-refractivity contribution in [3.63, 3.8) is 0 Å². The summed E-state index contributed by atoms with van der Waals surface area (Å²) in [7, 11) is 0. The van der Waals surface area contributed by atoms with Gasteiger partial charge in [-0.2, -0.15) is 15.4 Å². The third-order valence-corrected chi connectivity index (χ3v) is 4.95. The zero-order chi connectivity index (χ0) is 21.4. The number of nitrogens with zero attached hydrogens (tertiary/aromatic N) is 3. The Labute approximate surface area is 173 Å². The van der Waals surface area contributed by atoms with Crippen LogP contribution in [0.4, 0.5) is 10.5 Å². The molecule has 0 saturated heterocycles. The first-order chi connectivity index (χ1) is 14.4. The highest BCUT2D eigenvalue weighted by molar-refractivity contribution is 6.17. The lowest BCUT2D eigenvalue weighted by Crippen LogP contribution is -2.43. The molecule has 8 heteroatoms. The van der Waals surface area contributed by atoms with Gasteiger partial charge in [-0.3, -0.25) is 4.79 Å². The second kappa shape index (κ2) is 7.37. The fourth-order valence-corrected chi connectivity index (χ4v) is 3.51. The molecule has 2 N–H and O–H groups in total. The standard InChI is InChI=1S/C22H19N5O3/c1-12-8-16(27-22(29)25-14(3)19(11-23)26-27)9-13(2)20(12)30-17-4-5-18-15(10-17)6-7-24-21(18)28/h4-5,8-10H,3,6-7H2,1-2H3,(H,24,28)(H,25,29). The molecule has 3 amide bonds. The summed E-state index contributed by atoms with van der Waals surface area (Å²) in [6, 6.07) is 10.4. The van der Waals surface area contributed by atoms with E-state index in [4.69, 9.17) is 10.00 Å². The number of anilines is 1. The van der Waals surface area contributed by atoms with Gasteiger partial charge in [0, 0.05) is 12.1 Å². The number of carbonyl (C=O) groups is 2. The number of ether oxygens (including phenoxy) is 1. The van der Waals surface area contributed by atoms with E-state index in [-0.39, 0.29) is 17.3 Å². The molecule has 0 aliphatic carbocycles. The highest BCUT2D eigenvalue weighted by Crippen LogP contribution is 2.34. The van der Waals surface area contributed by atoms with E-state index in [2.05, 4.69) is 22.3 Å². The number of allylic oxidation sites excluding steroid dienone is 1. The van der Waals surface area contributed by atoms with Gasteiger partial charge in [-0.1, -0.05) is 6.58 Å². The van der Waals surface area contributed by atoms with E-state index in [9.17, 15) is 9.59 Å². The first-order valence-electron chi connectivity index (χ1n) is 9.36. The number of urea groups is 1. The molecule has 2 aromatic rings. The Balaban J connectivity index is 1.65. The van der Waals surface area contributed by atoms with Crippen LogP contribution in [0.1, 0.15) is 27.0 Å². The van der Waals surface area contributed by atoms with Crippen molar-refractivity contribution in [3.05, 3.63) is 64.9 Å². The van der Waals surface area contributed by atoms with Gasteiger partial charge in [0.2, 0.25) is 0 Å². The molecule has 4 rings (SSSR count). The van der Waals surface area contributed by atoms with Gasteiger partial charge in [0.15, 0.2) is 5.71 Å². The Morgan fingerprint density at radius 1 is 1.20 bits per heavy atom. The van der Waals surface area contributed by atoms with E-state index in [1.807, 2.05) is 26.0 Å². The van der Waals surface area contributed by atoms with Crippen LogP contribution in [0.5, 0.6) is 11.5 Å². The Morgan fingerprint density at radius 3 is 2.63 bits per heavy atom. The van der Waals surface area contributed by atoms with Gasteiger partial charge in [0.25, 0.3) is 5.91 Å². The summed E-state index contributed by atoms with van der Waals surface area (Å²) in [6.07, 6.45) is 0.754. The summed E-state index contributed by atoms with van der Waals surface area (Å²) >= 11 is 0. The van der Waals surface area contributed by atoms with E-state index < -0.39 is 6.03 Å². The van der Waals surface area contributed by atoms with Crippen LogP contribution < -0.4 is 20.4 Å². The smallest absolute Gasteiger partial charge is 0.347 e. The Hall–Kier alpha value is -4.12. The molecule has 0 atom stereocenters. The van der Waals surface area contributed by atoms with E-state index in [1.165, 1.54) is 0 Å². The van der Waals surface area contributed by atoms with Crippen molar-refractivity contribution < 1.29 is 14.3 Å². The van der Waals surface area contributed by atoms with Gasteiger partial charge in [-0.05, 0) is 67.3 Å². The number of rotatable bonds is 3. The quantitative estimate of drug-likeness (QED) is 0.823. The molecule has 0 fully saturated rings. The largest absolute Gasteiger partial charge is 0.457 e. The second-order valence-corrected chi connectivity index (χ2v) is 7.12. The second-order valence-electron chi connectivity index (χ2n) is 7.12. The summed E-state index contributed by atoms with van der Waals surface area (Å²) in [5.41, 5.74) is 3.94. The molecule has 0 radical (unpaired) electrons. The molecule has 2 aromatic carbocycles. The van der Waals surface area contributed by atoms with Gasteiger partial charge < -0.3 is 15.4 Å². The zero-order valence-electron chi connectivity index (χ0n) is 16.6. The van der Waals surface area contributed by atoms with Gasteiger partial charge in [0.1, 0.15) is 17.6 Å². The fourth-order valence-electron chi connectivity index (χ4n) is 3.51. The number of carbonyl (C=O) groups excluding carboxylic acids is 2. The molecule has 2 heterocycles. The van der Waals surface area contributed by atoms with Crippen LogP contribution in [-0.4, -0.2) is 24.2 Å². The SMILES string of the molecule is C=C1NC(=O)N(c2cc(C)c(Oc3ccc4c(c3)CCNC4=O)c(C)c2)N=C1C#N. The molecular formula is C22H19N5O3. The first kappa shape index (κ1) is 19.2. The number of nitriles is 1. The van der Waals surface area contributed by atoms with Crippen molar-refractivity contribution in [2.45, 2.75) is 20.3 Å². The van der Waals surface area contributed by atoms with E-state index in [0.29, 0.717) is 29.3 Å². The molecule has 8 nitrogen and oxygen atoms in total. The van der Waals surface area contributed by atoms with Crippen LogP contribution in [0.2, 0.25) is 0 Å². The maximum atomic E-state index is 12.3. The average molecular weight is 401 g/mol. The van der Waals surface area contributed by atoms with Crippen LogP contribution >= 0.6 is 0 Å². The molecule has 0 unspecified atom stereocenters. The maximum Gasteiger partial charge on any atom is 0.347 e. The molecular weight excluding hydrogens is 382 g/mol. The van der Waals surface area contributed by atoms with Gasteiger partial charge in [-0.15, -0.1) is 0 Å². The van der Waals surface area contributed by atoms with E-state index in [0.717, 1.165) is 28.1 Å². The highest BCUT2D eigenvalue weighted by atomic mass is 16.5. The molecule has 0 aromatic heterocycles. The number of benzene rings is 2. The Morgan fingerprint density at radius 2 is 1.93 bits per heavy atom. The van der Waals surface area contributed by atoms with Crippen LogP contribution in [0.3, 0.4) is 0 Å². The molecule has 30 heavy (non-hydrogen) atoms. The minimum absolute atomic E-state index is 0.0447. The van der Waals surface area contributed by atoms with E-state index in [1.54, 1.807) is 24.3 Å². The summed E-state index contributed by atoms with van der Waals surface area (Å²) < 4.78 is 6.12. The predicted octanol–water partition coefficient (Wildman–Crippen LogP) is 3.30. The van der Waals surface area contributed by atoms with Crippen molar-refractivity contribution >= 4 is 23.3 Å². The Kier molecular flexibility index (Phi) is 4.72. The number of hydrogen-bond acceptors (Lipinski definition) is 5. The van der Waals surface area contributed by atoms with Gasteiger partial charge in [-0.25, -0.2) is 4.79 Å². The molecule has 0 spiro atoms. The normalized spacial score (nSPS) is 15.6. The van der Waals surface area contributed by atoms with Crippen molar-refractivity contribution in [1.82, 2.24) is 10.6 Å². The predicted molar refractivity (Wildman–Crippen MR) is 112 cm³/mol. The monoisotopic (exact) mass is 401 g/mol. The lowest BCUT2D eigenvalue weighted by atomic mass is 10.0. The summed E-state index contributed by atoms with van der Waals surface area (Å²) in [5, 5.41) is 19.7. The zero-order valence-corrected chi connectivity index (χ0v) is 16.6. The van der Waals surface area contributed by atoms with Crippen molar-refractivity contribution in [2.75, 3.05) is 11.6 Å². The number of aryl methyl sites for hydroxylation is 2. The van der Waals surface area contributed by atoms with Crippen molar-refractivity contribution in [2.24, 2.45) is 5.10 Å². The summed E-state index contributed by atoms with van der Waals surface area (Å²) in [6.45, 7) is 7.96. The highest BCUT2D eigenvalue weighted by Gasteiger charge is 2.25. The van der Waals surface area contributed by atoms with Gasteiger partial charge in [0.05, 0.1) is 11.4 Å². The summed E-state index contributed by atoms with van der Waals surface area (Å²) in [5.74, 6) is 1.23. The maximum absolute atomic E-state index is 12.3. The number of hydrazone groups is 1. The van der Waals surface area contributed by atoms with Crippen molar-refractivity contribution in [3.8, 4) is 17.6 Å². The minimum Gasteiger partial charge on any atom is -0.457 e.